The van der Waals surface area contributed by atoms with E-state index in [4.69, 9.17) is 5.11 Å². The minimum atomic E-state index is -0.771. The number of amides is 1. The van der Waals surface area contributed by atoms with Gasteiger partial charge in [0.25, 0.3) is 5.91 Å². The van der Waals surface area contributed by atoms with Crippen LogP contribution < -0.4 is 5.32 Å². The molecule has 2 atom stereocenters. The zero-order valence-electron chi connectivity index (χ0n) is 14.3. The molecule has 0 spiro atoms. The summed E-state index contributed by atoms with van der Waals surface area (Å²) in [5.74, 6) is -1.28. The summed E-state index contributed by atoms with van der Waals surface area (Å²) in [5.41, 5.74) is 2.73. The van der Waals surface area contributed by atoms with Gasteiger partial charge in [0, 0.05) is 16.9 Å². The van der Waals surface area contributed by atoms with E-state index in [0.29, 0.717) is 18.5 Å². The van der Waals surface area contributed by atoms with Crippen molar-refractivity contribution in [2.24, 2.45) is 5.92 Å². The molecule has 3 rings (SSSR count). The van der Waals surface area contributed by atoms with E-state index in [0.717, 1.165) is 17.3 Å². The van der Waals surface area contributed by atoms with E-state index in [1.165, 1.54) is 5.56 Å². The number of rotatable bonds is 3. The molecule has 24 heavy (non-hydrogen) atoms. The number of aromatic nitrogens is 1. The number of benzene rings is 1. The Morgan fingerprint density at radius 3 is 2.58 bits per heavy atom. The fourth-order valence-corrected chi connectivity index (χ4v) is 3.32. The van der Waals surface area contributed by atoms with Crippen molar-refractivity contribution in [1.82, 2.24) is 10.3 Å². The fourth-order valence-electron chi connectivity index (χ4n) is 3.32. The van der Waals surface area contributed by atoms with Crippen molar-refractivity contribution in [2.75, 3.05) is 0 Å². The second kappa shape index (κ2) is 5.96. The standard InChI is InChI=1S/C19H24N2O3/c1-19(2,3)13-6-4-11-9-16(21-15(11)10-13)17(22)20-14-7-5-12(8-14)18(23)24/h4,6,9-10,12,14,21H,5,7-8H2,1-3H3,(H,20,22)(H,23,24)/t12-,14+/m0/s1. The monoisotopic (exact) mass is 328 g/mol. The first-order valence-corrected chi connectivity index (χ1v) is 8.41. The Morgan fingerprint density at radius 1 is 1.21 bits per heavy atom. The predicted octanol–water partition coefficient (Wildman–Crippen LogP) is 3.45. The van der Waals surface area contributed by atoms with Crippen molar-refractivity contribution in [3.05, 3.63) is 35.5 Å². The van der Waals surface area contributed by atoms with Crippen LogP contribution in [0.3, 0.4) is 0 Å². The third-order valence-electron chi connectivity index (χ3n) is 4.85. The molecule has 3 N–H and O–H groups in total. The first kappa shape index (κ1) is 16.6. The van der Waals surface area contributed by atoms with Crippen LogP contribution in [-0.4, -0.2) is 28.0 Å². The van der Waals surface area contributed by atoms with Gasteiger partial charge in [-0.05, 0) is 42.4 Å². The topological polar surface area (TPSA) is 82.2 Å². The van der Waals surface area contributed by atoms with Gasteiger partial charge in [-0.3, -0.25) is 9.59 Å². The number of hydrogen-bond acceptors (Lipinski definition) is 2. The van der Waals surface area contributed by atoms with Crippen molar-refractivity contribution in [3.8, 4) is 0 Å². The average Bonchev–Trinajstić information content (AvgIpc) is 3.11. The van der Waals surface area contributed by atoms with Crippen LogP contribution in [0, 0.1) is 5.92 Å². The van der Waals surface area contributed by atoms with E-state index in [2.05, 4.69) is 43.2 Å². The van der Waals surface area contributed by atoms with E-state index < -0.39 is 5.97 Å². The van der Waals surface area contributed by atoms with Gasteiger partial charge in [-0.25, -0.2) is 0 Å². The average molecular weight is 328 g/mol. The molecule has 1 amide bonds. The fraction of sp³-hybridized carbons (Fsp3) is 0.474. The summed E-state index contributed by atoms with van der Waals surface area (Å²) in [6.45, 7) is 6.47. The number of carboxylic acid groups (broad SMARTS) is 1. The van der Waals surface area contributed by atoms with Crippen molar-refractivity contribution < 1.29 is 14.7 Å². The lowest BCUT2D eigenvalue weighted by Gasteiger charge is -2.18. The van der Waals surface area contributed by atoms with Crippen LogP contribution in [0.5, 0.6) is 0 Å². The lowest BCUT2D eigenvalue weighted by molar-refractivity contribution is -0.141. The molecule has 1 fully saturated rings. The molecule has 1 aromatic heterocycles. The zero-order valence-corrected chi connectivity index (χ0v) is 14.3. The van der Waals surface area contributed by atoms with Crippen LogP contribution in [0.4, 0.5) is 0 Å². The molecule has 0 radical (unpaired) electrons. The van der Waals surface area contributed by atoms with Gasteiger partial charge in [0.1, 0.15) is 5.69 Å². The highest BCUT2D eigenvalue weighted by molar-refractivity contribution is 5.98. The van der Waals surface area contributed by atoms with Gasteiger partial charge in [0.2, 0.25) is 0 Å². The summed E-state index contributed by atoms with van der Waals surface area (Å²) < 4.78 is 0. The largest absolute Gasteiger partial charge is 0.481 e. The summed E-state index contributed by atoms with van der Waals surface area (Å²) in [5, 5.41) is 13.0. The molecular weight excluding hydrogens is 304 g/mol. The van der Waals surface area contributed by atoms with E-state index in [1.54, 1.807) is 0 Å². The highest BCUT2D eigenvalue weighted by atomic mass is 16.4. The smallest absolute Gasteiger partial charge is 0.306 e. The molecule has 2 aromatic rings. The summed E-state index contributed by atoms with van der Waals surface area (Å²) in [6, 6.07) is 7.99. The van der Waals surface area contributed by atoms with Gasteiger partial charge in [-0.2, -0.15) is 0 Å². The van der Waals surface area contributed by atoms with Crippen molar-refractivity contribution in [3.63, 3.8) is 0 Å². The van der Waals surface area contributed by atoms with E-state index in [1.807, 2.05) is 12.1 Å². The molecule has 0 unspecified atom stereocenters. The number of carbonyl (C=O) groups is 2. The molecule has 1 aliphatic rings. The van der Waals surface area contributed by atoms with Crippen LogP contribution in [0.25, 0.3) is 10.9 Å². The Bertz CT molecular complexity index is 785. The molecule has 5 heteroatoms. The Morgan fingerprint density at radius 2 is 1.96 bits per heavy atom. The molecule has 0 aliphatic heterocycles. The number of carbonyl (C=O) groups excluding carboxylic acids is 1. The molecule has 1 aliphatic carbocycles. The molecule has 1 aromatic carbocycles. The number of hydrogen-bond donors (Lipinski definition) is 3. The minimum Gasteiger partial charge on any atom is -0.481 e. The quantitative estimate of drug-likeness (QED) is 0.807. The third kappa shape index (κ3) is 3.30. The van der Waals surface area contributed by atoms with Gasteiger partial charge in [0.05, 0.1) is 5.92 Å². The van der Waals surface area contributed by atoms with E-state index in [9.17, 15) is 9.59 Å². The molecule has 128 valence electrons. The van der Waals surface area contributed by atoms with Crippen molar-refractivity contribution in [1.29, 1.82) is 0 Å². The van der Waals surface area contributed by atoms with Crippen LogP contribution >= 0.6 is 0 Å². The van der Waals surface area contributed by atoms with Crippen LogP contribution in [-0.2, 0) is 10.2 Å². The maximum Gasteiger partial charge on any atom is 0.306 e. The van der Waals surface area contributed by atoms with Crippen LogP contribution in [0.1, 0.15) is 56.1 Å². The van der Waals surface area contributed by atoms with E-state index in [-0.39, 0.29) is 23.3 Å². The summed E-state index contributed by atoms with van der Waals surface area (Å²) >= 11 is 0. The normalized spacial score (nSPS) is 21.1. The predicted molar refractivity (Wildman–Crippen MR) is 93.2 cm³/mol. The van der Waals surface area contributed by atoms with Crippen LogP contribution in [0.2, 0.25) is 0 Å². The van der Waals surface area contributed by atoms with Gasteiger partial charge >= 0.3 is 5.97 Å². The summed E-state index contributed by atoms with van der Waals surface area (Å²) in [7, 11) is 0. The van der Waals surface area contributed by atoms with E-state index >= 15 is 0 Å². The number of fused-ring (bicyclic) bond motifs is 1. The van der Waals surface area contributed by atoms with Gasteiger partial charge in [-0.1, -0.05) is 32.9 Å². The second-order valence-electron chi connectivity index (χ2n) is 7.75. The third-order valence-corrected chi connectivity index (χ3v) is 4.85. The maximum absolute atomic E-state index is 12.4. The summed E-state index contributed by atoms with van der Waals surface area (Å²) in [6.07, 6.45) is 1.86. The molecular formula is C19H24N2O3. The highest BCUT2D eigenvalue weighted by Crippen LogP contribution is 2.28. The summed E-state index contributed by atoms with van der Waals surface area (Å²) in [4.78, 5) is 26.6. The highest BCUT2D eigenvalue weighted by Gasteiger charge is 2.30. The molecule has 0 saturated heterocycles. The number of nitrogens with one attached hydrogen (secondary N) is 2. The zero-order chi connectivity index (χ0) is 17.5. The Labute approximate surface area is 141 Å². The lowest BCUT2D eigenvalue weighted by Crippen LogP contribution is -2.33. The van der Waals surface area contributed by atoms with Gasteiger partial charge in [-0.15, -0.1) is 0 Å². The number of H-pyrrole nitrogens is 1. The molecule has 1 saturated carbocycles. The van der Waals surface area contributed by atoms with Crippen LogP contribution in [0.15, 0.2) is 24.3 Å². The lowest BCUT2D eigenvalue weighted by atomic mass is 9.87. The number of carboxylic acids is 1. The first-order chi connectivity index (χ1) is 11.2. The Hall–Kier alpha value is -2.30. The molecule has 1 heterocycles. The Balaban J connectivity index is 1.75. The van der Waals surface area contributed by atoms with Crippen molar-refractivity contribution >= 4 is 22.8 Å². The number of aliphatic carboxylic acids is 1. The first-order valence-electron chi connectivity index (χ1n) is 8.41. The maximum atomic E-state index is 12.4. The van der Waals surface area contributed by atoms with Crippen molar-refractivity contribution in [2.45, 2.75) is 51.5 Å². The van der Waals surface area contributed by atoms with Gasteiger partial charge in [0.15, 0.2) is 0 Å². The Kier molecular flexibility index (Phi) is 4.11. The molecule has 0 bridgehead atoms. The SMILES string of the molecule is CC(C)(C)c1ccc2cc(C(=O)N[C@@H]3CC[C@H](C(=O)O)C3)[nH]c2c1. The number of aromatic amines is 1. The second-order valence-corrected chi connectivity index (χ2v) is 7.75. The molecule has 5 nitrogen and oxygen atoms in total. The van der Waals surface area contributed by atoms with Gasteiger partial charge < -0.3 is 15.4 Å². The minimum absolute atomic E-state index is 0.0530.